The summed E-state index contributed by atoms with van der Waals surface area (Å²) < 4.78 is 1.70. The number of nitrogens with one attached hydrogen (secondary N) is 1. The summed E-state index contributed by atoms with van der Waals surface area (Å²) in [6.07, 6.45) is 3.49. The number of H-pyrrole nitrogens is 1. The molecule has 1 aromatic heterocycles. The Kier molecular flexibility index (Phi) is 1.79. The number of aromatic amines is 1. The molecule has 1 saturated carbocycles. The molecule has 0 saturated heterocycles. The highest BCUT2D eigenvalue weighted by atomic mass is 16.1. The fourth-order valence-corrected chi connectivity index (χ4v) is 1.45. The smallest absolute Gasteiger partial charge is 0.266 e. The molecule has 1 aliphatic carbocycles. The molecule has 66 valence electrons. The van der Waals surface area contributed by atoms with Crippen LogP contribution in [-0.4, -0.2) is 9.78 Å². The predicted octanol–water partition coefficient (Wildman–Crippen LogP) is 1.46. The SMILES string of the molecule is CCCn1[nH]c(C2CC2)cc1=O. The van der Waals surface area contributed by atoms with Gasteiger partial charge < -0.3 is 0 Å². The van der Waals surface area contributed by atoms with Crippen LogP contribution in [0.15, 0.2) is 10.9 Å². The normalized spacial score (nSPS) is 16.8. The molecular weight excluding hydrogens is 152 g/mol. The Labute approximate surface area is 71.4 Å². The monoisotopic (exact) mass is 166 g/mol. The molecule has 1 N–H and O–H groups in total. The maximum Gasteiger partial charge on any atom is 0.266 e. The fraction of sp³-hybridized carbons (Fsp3) is 0.667. The fourth-order valence-electron chi connectivity index (χ4n) is 1.45. The molecular formula is C9H14N2O. The van der Waals surface area contributed by atoms with Gasteiger partial charge in [-0.3, -0.25) is 14.6 Å². The van der Waals surface area contributed by atoms with Crippen molar-refractivity contribution in [3.63, 3.8) is 0 Å². The van der Waals surface area contributed by atoms with Crippen molar-refractivity contribution in [1.29, 1.82) is 0 Å². The van der Waals surface area contributed by atoms with E-state index < -0.39 is 0 Å². The molecule has 1 aliphatic rings. The van der Waals surface area contributed by atoms with Gasteiger partial charge in [0.1, 0.15) is 0 Å². The van der Waals surface area contributed by atoms with E-state index in [1.54, 1.807) is 10.7 Å². The molecule has 0 aliphatic heterocycles. The van der Waals surface area contributed by atoms with E-state index in [-0.39, 0.29) is 5.56 Å². The number of aromatic nitrogens is 2. The van der Waals surface area contributed by atoms with E-state index in [9.17, 15) is 4.79 Å². The summed E-state index contributed by atoms with van der Waals surface area (Å²) in [7, 11) is 0. The lowest BCUT2D eigenvalue weighted by atomic mass is 10.3. The van der Waals surface area contributed by atoms with Crippen LogP contribution in [0.4, 0.5) is 0 Å². The zero-order chi connectivity index (χ0) is 8.55. The van der Waals surface area contributed by atoms with Crippen LogP contribution in [0, 0.1) is 0 Å². The van der Waals surface area contributed by atoms with Crippen molar-refractivity contribution in [1.82, 2.24) is 9.78 Å². The van der Waals surface area contributed by atoms with Gasteiger partial charge in [0.25, 0.3) is 5.56 Å². The summed E-state index contributed by atoms with van der Waals surface area (Å²) in [5.74, 6) is 0.649. The lowest BCUT2D eigenvalue weighted by molar-refractivity contribution is 0.578. The van der Waals surface area contributed by atoms with Crippen LogP contribution in [0.5, 0.6) is 0 Å². The highest BCUT2D eigenvalue weighted by Gasteiger charge is 2.25. The van der Waals surface area contributed by atoms with Gasteiger partial charge in [-0.15, -0.1) is 0 Å². The minimum Gasteiger partial charge on any atom is -0.299 e. The van der Waals surface area contributed by atoms with Gasteiger partial charge in [0.2, 0.25) is 0 Å². The molecule has 1 aromatic rings. The van der Waals surface area contributed by atoms with Crippen LogP contribution in [0.1, 0.15) is 37.8 Å². The first-order chi connectivity index (χ1) is 5.81. The first-order valence-electron chi connectivity index (χ1n) is 4.61. The van der Waals surface area contributed by atoms with Crippen molar-refractivity contribution in [2.75, 3.05) is 0 Å². The molecule has 0 atom stereocenters. The second kappa shape index (κ2) is 2.81. The summed E-state index contributed by atoms with van der Waals surface area (Å²) in [4.78, 5) is 11.3. The number of aryl methyl sites for hydroxylation is 1. The second-order valence-electron chi connectivity index (χ2n) is 3.48. The minimum absolute atomic E-state index is 0.124. The highest BCUT2D eigenvalue weighted by molar-refractivity contribution is 5.12. The van der Waals surface area contributed by atoms with Gasteiger partial charge in [0.15, 0.2) is 0 Å². The van der Waals surface area contributed by atoms with Gasteiger partial charge in [0.05, 0.1) is 0 Å². The molecule has 0 unspecified atom stereocenters. The molecule has 1 fully saturated rings. The van der Waals surface area contributed by atoms with Crippen LogP contribution in [0.3, 0.4) is 0 Å². The van der Waals surface area contributed by atoms with E-state index in [1.165, 1.54) is 12.8 Å². The van der Waals surface area contributed by atoms with Crippen LogP contribution in [-0.2, 0) is 6.54 Å². The Morgan fingerprint density at radius 2 is 2.42 bits per heavy atom. The number of rotatable bonds is 3. The number of hydrogen-bond acceptors (Lipinski definition) is 1. The summed E-state index contributed by atoms with van der Waals surface area (Å²) in [6.45, 7) is 2.88. The third-order valence-corrected chi connectivity index (χ3v) is 2.27. The standard InChI is InChI=1S/C9H14N2O/c1-2-5-11-9(12)6-8(10-11)7-3-4-7/h6-7,10H,2-5H2,1H3. The van der Waals surface area contributed by atoms with Crippen LogP contribution < -0.4 is 5.56 Å². The summed E-state index contributed by atoms with van der Waals surface area (Å²) in [5.41, 5.74) is 1.26. The largest absolute Gasteiger partial charge is 0.299 e. The molecule has 3 nitrogen and oxygen atoms in total. The van der Waals surface area contributed by atoms with E-state index in [1.807, 2.05) is 0 Å². The highest BCUT2D eigenvalue weighted by Crippen LogP contribution is 2.38. The second-order valence-corrected chi connectivity index (χ2v) is 3.48. The molecule has 12 heavy (non-hydrogen) atoms. The zero-order valence-electron chi connectivity index (χ0n) is 7.34. The van der Waals surface area contributed by atoms with E-state index in [2.05, 4.69) is 12.0 Å². The Morgan fingerprint density at radius 3 is 3.00 bits per heavy atom. The van der Waals surface area contributed by atoms with Gasteiger partial charge >= 0.3 is 0 Å². The van der Waals surface area contributed by atoms with Gasteiger partial charge in [-0.2, -0.15) is 0 Å². The molecule has 3 heteroatoms. The van der Waals surface area contributed by atoms with E-state index >= 15 is 0 Å². The van der Waals surface area contributed by atoms with Gasteiger partial charge in [-0.05, 0) is 19.3 Å². The van der Waals surface area contributed by atoms with E-state index in [4.69, 9.17) is 0 Å². The Balaban J connectivity index is 2.24. The zero-order valence-corrected chi connectivity index (χ0v) is 7.34. The first-order valence-corrected chi connectivity index (χ1v) is 4.61. The summed E-state index contributed by atoms with van der Waals surface area (Å²) in [6, 6.07) is 1.74. The Morgan fingerprint density at radius 1 is 1.67 bits per heavy atom. The lowest BCUT2D eigenvalue weighted by Crippen LogP contribution is -2.15. The van der Waals surface area contributed by atoms with Gasteiger partial charge in [-0.1, -0.05) is 6.92 Å². The van der Waals surface area contributed by atoms with Crippen molar-refractivity contribution in [3.8, 4) is 0 Å². The Hall–Kier alpha value is -0.990. The number of nitrogens with zero attached hydrogens (tertiary/aromatic N) is 1. The maximum absolute atomic E-state index is 11.3. The van der Waals surface area contributed by atoms with Crippen LogP contribution in [0.2, 0.25) is 0 Å². The van der Waals surface area contributed by atoms with Crippen LogP contribution in [0.25, 0.3) is 0 Å². The topological polar surface area (TPSA) is 37.8 Å². The molecule has 0 amide bonds. The third-order valence-electron chi connectivity index (χ3n) is 2.27. The summed E-state index contributed by atoms with van der Waals surface area (Å²) >= 11 is 0. The van der Waals surface area contributed by atoms with Crippen molar-refractivity contribution in [2.45, 2.75) is 38.6 Å². The molecule has 0 bridgehead atoms. The van der Waals surface area contributed by atoms with Gasteiger partial charge in [0, 0.05) is 24.2 Å². The van der Waals surface area contributed by atoms with Crippen molar-refractivity contribution < 1.29 is 0 Å². The van der Waals surface area contributed by atoms with Gasteiger partial charge in [-0.25, -0.2) is 0 Å². The van der Waals surface area contributed by atoms with Crippen molar-refractivity contribution in [3.05, 3.63) is 22.1 Å². The van der Waals surface area contributed by atoms with E-state index in [0.717, 1.165) is 18.7 Å². The lowest BCUT2D eigenvalue weighted by Gasteiger charge is -1.96. The Bertz CT molecular complexity index is 320. The third kappa shape index (κ3) is 1.31. The average molecular weight is 166 g/mol. The maximum atomic E-state index is 11.3. The van der Waals surface area contributed by atoms with E-state index in [0.29, 0.717) is 5.92 Å². The summed E-state index contributed by atoms with van der Waals surface area (Å²) in [5, 5.41) is 3.15. The minimum atomic E-state index is 0.124. The predicted molar refractivity (Wildman–Crippen MR) is 47.3 cm³/mol. The molecule has 0 radical (unpaired) electrons. The van der Waals surface area contributed by atoms with Crippen molar-refractivity contribution >= 4 is 0 Å². The average Bonchev–Trinajstić information content (AvgIpc) is 2.80. The van der Waals surface area contributed by atoms with Crippen molar-refractivity contribution in [2.24, 2.45) is 0 Å². The molecule has 1 heterocycles. The molecule has 0 aromatic carbocycles. The quantitative estimate of drug-likeness (QED) is 0.725. The first kappa shape index (κ1) is 7.65. The van der Waals surface area contributed by atoms with Crippen LogP contribution >= 0.6 is 0 Å². The molecule has 2 rings (SSSR count). The number of hydrogen-bond donors (Lipinski definition) is 1. The molecule has 0 spiro atoms.